The van der Waals surface area contributed by atoms with Crippen molar-refractivity contribution in [3.63, 3.8) is 0 Å². The first-order valence-electron chi connectivity index (χ1n) is 8.74. The Balaban J connectivity index is 1.58. The van der Waals surface area contributed by atoms with E-state index in [9.17, 15) is 9.59 Å². The van der Waals surface area contributed by atoms with Crippen LogP contribution in [0.1, 0.15) is 17.5 Å². The molecule has 29 heavy (non-hydrogen) atoms. The first kappa shape index (κ1) is 20.9. The number of methoxy groups -OCH3 is 1. The van der Waals surface area contributed by atoms with E-state index >= 15 is 0 Å². The topological polar surface area (TPSA) is 92.2 Å². The van der Waals surface area contributed by atoms with Crippen molar-refractivity contribution in [3.05, 3.63) is 58.6 Å². The zero-order valence-electron chi connectivity index (χ0n) is 15.8. The number of nitrogens with zero attached hydrogens (tertiary/aromatic N) is 2. The van der Waals surface area contributed by atoms with Crippen molar-refractivity contribution in [1.82, 2.24) is 5.32 Å². The average molecular weight is 431 g/mol. The van der Waals surface area contributed by atoms with Crippen molar-refractivity contribution in [2.24, 2.45) is 10.2 Å². The van der Waals surface area contributed by atoms with Crippen LogP contribution in [0.5, 0.6) is 5.75 Å². The summed E-state index contributed by atoms with van der Waals surface area (Å²) in [5.41, 5.74) is 2.27. The fourth-order valence-electron chi connectivity index (χ4n) is 2.55. The van der Waals surface area contributed by atoms with Crippen molar-refractivity contribution in [2.75, 3.05) is 12.4 Å². The number of carbonyl (C=O) groups is 2. The molecule has 2 aromatic carbocycles. The van der Waals surface area contributed by atoms with Crippen LogP contribution in [0, 0.1) is 6.92 Å². The van der Waals surface area contributed by atoms with Crippen LogP contribution in [-0.4, -0.2) is 35.6 Å². The highest BCUT2D eigenvalue weighted by Crippen LogP contribution is 2.24. The molecule has 0 bridgehead atoms. The molecular weight excluding hydrogens is 412 g/mol. The third-order valence-corrected chi connectivity index (χ3v) is 5.57. The Hall–Kier alpha value is -2.84. The number of para-hydroxylation sites is 1. The van der Waals surface area contributed by atoms with E-state index in [1.807, 2.05) is 37.3 Å². The number of hydrogen-bond acceptors (Lipinski definition) is 6. The molecule has 150 valence electrons. The number of anilines is 1. The van der Waals surface area contributed by atoms with Crippen molar-refractivity contribution >= 4 is 52.2 Å². The van der Waals surface area contributed by atoms with Crippen molar-refractivity contribution in [2.45, 2.75) is 18.6 Å². The smallest absolute Gasteiger partial charge is 0.240 e. The summed E-state index contributed by atoms with van der Waals surface area (Å²) < 4.78 is 5.24. The molecule has 2 aromatic rings. The van der Waals surface area contributed by atoms with Crippen molar-refractivity contribution in [3.8, 4) is 5.75 Å². The first-order valence-corrected chi connectivity index (χ1v) is 9.99. The number of hydrogen-bond donors (Lipinski definition) is 2. The highest BCUT2D eigenvalue weighted by atomic mass is 35.5. The van der Waals surface area contributed by atoms with E-state index in [1.165, 1.54) is 11.8 Å². The van der Waals surface area contributed by atoms with Gasteiger partial charge in [0.2, 0.25) is 11.8 Å². The average Bonchev–Trinajstić information content (AvgIpc) is 3.04. The van der Waals surface area contributed by atoms with Crippen LogP contribution < -0.4 is 15.4 Å². The molecule has 0 aliphatic carbocycles. The minimum atomic E-state index is -0.573. The predicted octanol–water partition coefficient (Wildman–Crippen LogP) is 3.61. The lowest BCUT2D eigenvalue weighted by atomic mass is 10.2. The number of amides is 2. The maximum absolute atomic E-state index is 12.3. The first-order chi connectivity index (χ1) is 14.0. The van der Waals surface area contributed by atoms with Gasteiger partial charge in [0.05, 0.1) is 13.3 Å². The lowest BCUT2D eigenvalue weighted by Crippen LogP contribution is -2.28. The number of ether oxygens (including phenoxy) is 1. The maximum atomic E-state index is 12.3. The second kappa shape index (κ2) is 9.58. The van der Waals surface area contributed by atoms with Gasteiger partial charge < -0.3 is 15.4 Å². The summed E-state index contributed by atoms with van der Waals surface area (Å²) in [6.45, 7) is 1.88. The van der Waals surface area contributed by atoms with Crippen molar-refractivity contribution < 1.29 is 14.3 Å². The molecule has 1 saturated heterocycles. The van der Waals surface area contributed by atoms with Crippen LogP contribution in [0.25, 0.3) is 0 Å². The summed E-state index contributed by atoms with van der Waals surface area (Å²) in [5, 5.41) is 13.7. The molecule has 0 radical (unpaired) electrons. The Morgan fingerprint density at radius 1 is 1.34 bits per heavy atom. The molecule has 0 unspecified atom stereocenters. The van der Waals surface area contributed by atoms with Gasteiger partial charge >= 0.3 is 0 Å². The third-order valence-electron chi connectivity index (χ3n) is 4.09. The Bertz CT molecular complexity index is 993. The van der Waals surface area contributed by atoms with Gasteiger partial charge in [-0.25, -0.2) is 0 Å². The normalized spacial score (nSPS) is 17.6. The predicted molar refractivity (Wildman–Crippen MR) is 117 cm³/mol. The Kier molecular flexibility index (Phi) is 6.90. The molecule has 2 N–H and O–H groups in total. The highest BCUT2D eigenvalue weighted by molar-refractivity contribution is 8.15. The second-order valence-electron chi connectivity index (χ2n) is 6.20. The maximum Gasteiger partial charge on any atom is 0.240 e. The van der Waals surface area contributed by atoms with Crippen LogP contribution in [0.3, 0.4) is 0 Å². The summed E-state index contributed by atoms with van der Waals surface area (Å²) >= 11 is 7.23. The van der Waals surface area contributed by atoms with E-state index < -0.39 is 5.25 Å². The Morgan fingerprint density at radius 2 is 2.14 bits per heavy atom. The second-order valence-corrected chi connectivity index (χ2v) is 7.80. The summed E-state index contributed by atoms with van der Waals surface area (Å²) in [6, 6.07) is 12.6. The van der Waals surface area contributed by atoms with Crippen molar-refractivity contribution in [1.29, 1.82) is 0 Å². The molecule has 3 rings (SSSR count). The SMILES string of the molecule is COc1ccccc1/C=N/N=C1\NC(=O)[C@H](CC(=O)Nc2ccc(C)c(Cl)c2)S1. The Labute approximate surface area is 177 Å². The molecule has 9 heteroatoms. The van der Waals surface area contributed by atoms with Crippen LogP contribution in [-0.2, 0) is 9.59 Å². The molecule has 1 atom stereocenters. The summed E-state index contributed by atoms with van der Waals surface area (Å²) in [5.74, 6) is 0.111. The zero-order valence-corrected chi connectivity index (χ0v) is 17.4. The third kappa shape index (κ3) is 5.58. The molecule has 7 nitrogen and oxygen atoms in total. The van der Waals surface area contributed by atoms with Gasteiger partial charge in [-0.1, -0.05) is 41.6 Å². The molecule has 0 saturated carbocycles. The van der Waals surface area contributed by atoms with E-state index in [0.717, 1.165) is 11.1 Å². The number of benzene rings is 2. The summed E-state index contributed by atoms with van der Waals surface area (Å²) in [6.07, 6.45) is 1.55. The number of nitrogens with one attached hydrogen (secondary N) is 2. The lowest BCUT2D eigenvalue weighted by Gasteiger charge is -2.08. The molecule has 2 amide bonds. The molecule has 0 spiro atoms. The highest BCUT2D eigenvalue weighted by Gasteiger charge is 2.32. The minimum absolute atomic E-state index is 0.0111. The number of rotatable bonds is 6. The van der Waals surface area contributed by atoms with Crippen LogP contribution in [0.4, 0.5) is 5.69 Å². The fourth-order valence-corrected chi connectivity index (χ4v) is 3.66. The zero-order chi connectivity index (χ0) is 20.8. The Morgan fingerprint density at radius 3 is 2.90 bits per heavy atom. The molecule has 1 aliphatic rings. The van der Waals surface area contributed by atoms with E-state index in [1.54, 1.807) is 25.5 Å². The summed E-state index contributed by atoms with van der Waals surface area (Å²) in [4.78, 5) is 24.4. The number of thioether (sulfide) groups is 1. The number of carbonyl (C=O) groups excluding carboxylic acids is 2. The van der Waals surface area contributed by atoms with Gasteiger partial charge in [0.25, 0.3) is 0 Å². The molecule has 1 fully saturated rings. The number of amidine groups is 1. The quantitative estimate of drug-likeness (QED) is 0.541. The molecule has 1 aliphatic heterocycles. The van der Waals surface area contributed by atoms with Gasteiger partial charge in [-0.05, 0) is 36.8 Å². The van der Waals surface area contributed by atoms with Crippen LogP contribution >= 0.6 is 23.4 Å². The van der Waals surface area contributed by atoms with E-state index in [-0.39, 0.29) is 18.2 Å². The van der Waals surface area contributed by atoms with Gasteiger partial charge in [-0.3, -0.25) is 9.59 Å². The van der Waals surface area contributed by atoms with E-state index in [0.29, 0.717) is 21.6 Å². The van der Waals surface area contributed by atoms with E-state index in [4.69, 9.17) is 16.3 Å². The largest absolute Gasteiger partial charge is 0.496 e. The van der Waals surface area contributed by atoms with Gasteiger partial charge in [0.15, 0.2) is 5.17 Å². The number of aryl methyl sites for hydroxylation is 1. The minimum Gasteiger partial charge on any atom is -0.496 e. The standard InChI is InChI=1S/C20H19ClN4O3S/c1-12-7-8-14(9-15(12)21)23-18(26)10-17-19(27)24-20(29-17)25-22-11-13-5-3-4-6-16(13)28-2/h3-9,11,17H,10H2,1-2H3,(H,23,26)(H,24,25,27)/b22-11+/t17-/m0/s1. The van der Waals surface area contributed by atoms with Gasteiger partial charge in [-0.15, -0.1) is 5.10 Å². The molecular formula is C20H19ClN4O3S. The number of halogens is 1. The van der Waals surface area contributed by atoms with Gasteiger partial charge in [0.1, 0.15) is 11.0 Å². The molecule has 1 heterocycles. The fraction of sp³-hybridized carbons (Fsp3) is 0.200. The van der Waals surface area contributed by atoms with Gasteiger partial charge in [-0.2, -0.15) is 5.10 Å². The monoisotopic (exact) mass is 430 g/mol. The van der Waals surface area contributed by atoms with Crippen LogP contribution in [0.15, 0.2) is 52.7 Å². The van der Waals surface area contributed by atoms with Crippen LogP contribution in [0.2, 0.25) is 5.02 Å². The van der Waals surface area contributed by atoms with Gasteiger partial charge in [0, 0.05) is 22.7 Å². The summed E-state index contributed by atoms with van der Waals surface area (Å²) in [7, 11) is 1.58. The van der Waals surface area contributed by atoms with E-state index in [2.05, 4.69) is 20.8 Å². The molecule has 0 aromatic heterocycles. The lowest BCUT2D eigenvalue weighted by molar-refractivity contribution is -0.122.